The predicted octanol–water partition coefficient (Wildman–Crippen LogP) is 4.55. The maximum absolute atomic E-state index is 5.93. The number of halogens is 1. The van der Waals surface area contributed by atoms with E-state index in [4.69, 9.17) is 11.6 Å². The SMILES string of the molecule is C=CCNc1nc(-c2ccc(Cl)cc2)nc2ccccc12. The number of para-hydroxylation sites is 1. The van der Waals surface area contributed by atoms with E-state index >= 15 is 0 Å². The molecule has 3 aromatic rings. The average molecular weight is 296 g/mol. The Kier molecular flexibility index (Phi) is 3.84. The minimum Gasteiger partial charge on any atom is -0.366 e. The van der Waals surface area contributed by atoms with E-state index in [1.807, 2.05) is 48.5 Å². The third-order valence-corrected chi connectivity index (χ3v) is 3.37. The molecule has 0 saturated carbocycles. The average Bonchev–Trinajstić information content (AvgIpc) is 2.53. The van der Waals surface area contributed by atoms with Gasteiger partial charge in [-0.2, -0.15) is 0 Å². The maximum atomic E-state index is 5.93. The van der Waals surface area contributed by atoms with E-state index in [1.54, 1.807) is 6.08 Å². The van der Waals surface area contributed by atoms with Crippen molar-refractivity contribution < 1.29 is 0 Å². The lowest BCUT2D eigenvalue weighted by Gasteiger charge is -2.09. The molecule has 0 atom stereocenters. The van der Waals surface area contributed by atoms with E-state index in [0.717, 1.165) is 22.3 Å². The van der Waals surface area contributed by atoms with Crippen molar-refractivity contribution in [3.63, 3.8) is 0 Å². The molecule has 0 aliphatic rings. The standard InChI is InChI=1S/C17H14ClN3/c1-2-11-19-17-14-5-3-4-6-15(14)20-16(21-17)12-7-9-13(18)10-8-12/h2-10H,1,11H2,(H,19,20,21). The maximum Gasteiger partial charge on any atom is 0.162 e. The van der Waals surface area contributed by atoms with E-state index in [0.29, 0.717) is 17.4 Å². The number of hydrogen-bond acceptors (Lipinski definition) is 3. The van der Waals surface area contributed by atoms with E-state index < -0.39 is 0 Å². The molecule has 0 aliphatic heterocycles. The third kappa shape index (κ3) is 2.88. The molecule has 104 valence electrons. The second-order valence-corrected chi connectivity index (χ2v) is 5.03. The summed E-state index contributed by atoms with van der Waals surface area (Å²) in [5.74, 6) is 1.49. The van der Waals surface area contributed by atoms with Crippen molar-refractivity contribution in [2.75, 3.05) is 11.9 Å². The zero-order chi connectivity index (χ0) is 14.7. The summed E-state index contributed by atoms with van der Waals surface area (Å²) in [6.45, 7) is 4.38. The van der Waals surface area contributed by atoms with Crippen LogP contribution in [0.4, 0.5) is 5.82 Å². The normalized spacial score (nSPS) is 10.5. The van der Waals surface area contributed by atoms with Gasteiger partial charge in [0.2, 0.25) is 0 Å². The van der Waals surface area contributed by atoms with Crippen molar-refractivity contribution in [3.05, 3.63) is 66.2 Å². The molecule has 0 radical (unpaired) electrons. The fraction of sp³-hybridized carbons (Fsp3) is 0.0588. The van der Waals surface area contributed by atoms with Crippen molar-refractivity contribution in [1.82, 2.24) is 9.97 Å². The van der Waals surface area contributed by atoms with Crippen molar-refractivity contribution in [2.24, 2.45) is 0 Å². The van der Waals surface area contributed by atoms with Gasteiger partial charge in [0.05, 0.1) is 5.52 Å². The minimum absolute atomic E-state index is 0.654. The zero-order valence-electron chi connectivity index (χ0n) is 11.4. The van der Waals surface area contributed by atoms with Gasteiger partial charge in [-0.3, -0.25) is 0 Å². The summed E-state index contributed by atoms with van der Waals surface area (Å²) >= 11 is 5.93. The quantitative estimate of drug-likeness (QED) is 0.718. The fourth-order valence-corrected chi connectivity index (χ4v) is 2.23. The lowest BCUT2D eigenvalue weighted by molar-refractivity contribution is 1.19. The van der Waals surface area contributed by atoms with Crippen LogP contribution in [0.5, 0.6) is 0 Å². The van der Waals surface area contributed by atoms with E-state index in [9.17, 15) is 0 Å². The second-order valence-electron chi connectivity index (χ2n) is 4.59. The largest absolute Gasteiger partial charge is 0.366 e. The lowest BCUT2D eigenvalue weighted by atomic mass is 10.2. The lowest BCUT2D eigenvalue weighted by Crippen LogP contribution is -2.03. The summed E-state index contributed by atoms with van der Waals surface area (Å²) in [7, 11) is 0. The van der Waals surface area contributed by atoms with Gasteiger partial charge in [-0.15, -0.1) is 6.58 Å². The van der Waals surface area contributed by atoms with Crippen molar-refractivity contribution in [1.29, 1.82) is 0 Å². The smallest absolute Gasteiger partial charge is 0.162 e. The minimum atomic E-state index is 0.654. The first-order chi connectivity index (χ1) is 10.3. The summed E-state index contributed by atoms with van der Waals surface area (Å²) in [4.78, 5) is 9.25. The Morgan fingerprint density at radius 1 is 1.05 bits per heavy atom. The Morgan fingerprint density at radius 3 is 2.57 bits per heavy atom. The molecule has 0 fully saturated rings. The number of rotatable bonds is 4. The molecule has 0 unspecified atom stereocenters. The molecule has 2 aromatic carbocycles. The van der Waals surface area contributed by atoms with Gasteiger partial charge in [0, 0.05) is 22.5 Å². The van der Waals surface area contributed by atoms with Crippen molar-refractivity contribution in [3.8, 4) is 11.4 Å². The number of aromatic nitrogens is 2. The first kappa shape index (κ1) is 13.6. The van der Waals surface area contributed by atoms with Gasteiger partial charge in [0.25, 0.3) is 0 Å². The molecule has 3 nitrogen and oxygen atoms in total. The Morgan fingerprint density at radius 2 is 1.81 bits per heavy atom. The molecule has 1 heterocycles. The Balaban J connectivity index is 2.14. The summed E-state index contributed by atoms with van der Waals surface area (Å²) in [5, 5.41) is 4.96. The Labute approximate surface area is 128 Å². The molecule has 0 amide bonds. The van der Waals surface area contributed by atoms with Gasteiger partial charge in [0.1, 0.15) is 5.82 Å². The van der Waals surface area contributed by atoms with Crippen LogP contribution in [0.3, 0.4) is 0 Å². The van der Waals surface area contributed by atoms with Crippen LogP contribution >= 0.6 is 11.6 Å². The first-order valence-electron chi connectivity index (χ1n) is 6.65. The molecule has 0 spiro atoms. The number of nitrogens with one attached hydrogen (secondary N) is 1. The van der Waals surface area contributed by atoms with E-state index in [1.165, 1.54) is 0 Å². The predicted molar refractivity (Wildman–Crippen MR) is 88.7 cm³/mol. The molecule has 0 saturated heterocycles. The molecule has 3 rings (SSSR count). The van der Waals surface area contributed by atoms with Gasteiger partial charge in [0.15, 0.2) is 5.82 Å². The zero-order valence-corrected chi connectivity index (χ0v) is 12.1. The van der Waals surface area contributed by atoms with Crippen LogP contribution < -0.4 is 5.32 Å². The van der Waals surface area contributed by atoms with Gasteiger partial charge >= 0.3 is 0 Å². The highest BCUT2D eigenvalue weighted by Gasteiger charge is 2.08. The Hall–Kier alpha value is -2.39. The monoisotopic (exact) mass is 295 g/mol. The van der Waals surface area contributed by atoms with Gasteiger partial charge in [-0.05, 0) is 36.4 Å². The molecule has 21 heavy (non-hydrogen) atoms. The van der Waals surface area contributed by atoms with Crippen molar-refractivity contribution in [2.45, 2.75) is 0 Å². The number of fused-ring (bicyclic) bond motifs is 1. The highest BCUT2D eigenvalue weighted by Crippen LogP contribution is 2.25. The number of hydrogen-bond donors (Lipinski definition) is 1. The van der Waals surface area contributed by atoms with Crippen LogP contribution in [0.2, 0.25) is 5.02 Å². The van der Waals surface area contributed by atoms with Crippen LogP contribution in [0.25, 0.3) is 22.3 Å². The van der Waals surface area contributed by atoms with Gasteiger partial charge in [-0.25, -0.2) is 9.97 Å². The van der Waals surface area contributed by atoms with Crippen LogP contribution in [0, 0.1) is 0 Å². The van der Waals surface area contributed by atoms with Crippen molar-refractivity contribution >= 4 is 28.3 Å². The molecular formula is C17H14ClN3. The van der Waals surface area contributed by atoms with E-state index in [2.05, 4.69) is 21.9 Å². The molecule has 4 heteroatoms. The fourth-order valence-electron chi connectivity index (χ4n) is 2.11. The summed E-state index contributed by atoms with van der Waals surface area (Å²) in [6, 6.07) is 15.5. The molecule has 0 aliphatic carbocycles. The molecular weight excluding hydrogens is 282 g/mol. The highest BCUT2D eigenvalue weighted by atomic mass is 35.5. The molecule has 1 aromatic heterocycles. The van der Waals surface area contributed by atoms with E-state index in [-0.39, 0.29) is 0 Å². The van der Waals surface area contributed by atoms with Crippen LogP contribution in [-0.4, -0.2) is 16.5 Å². The Bertz CT molecular complexity index is 782. The summed E-state index contributed by atoms with van der Waals surface area (Å²) in [5.41, 5.74) is 1.84. The highest BCUT2D eigenvalue weighted by molar-refractivity contribution is 6.30. The van der Waals surface area contributed by atoms with Crippen LogP contribution in [0.1, 0.15) is 0 Å². The number of nitrogens with zero attached hydrogens (tertiary/aromatic N) is 2. The molecule has 0 bridgehead atoms. The van der Waals surface area contributed by atoms with Gasteiger partial charge < -0.3 is 5.32 Å². The first-order valence-corrected chi connectivity index (χ1v) is 7.03. The third-order valence-electron chi connectivity index (χ3n) is 3.12. The summed E-state index contributed by atoms with van der Waals surface area (Å²) < 4.78 is 0. The van der Waals surface area contributed by atoms with Crippen LogP contribution in [-0.2, 0) is 0 Å². The topological polar surface area (TPSA) is 37.8 Å². The molecule has 1 N–H and O–H groups in total. The van der Waals surface area contributed by atoms with Crippen LogP contribution in [0.15, 0.2) is 61.2 Å². The van der Waals surface area contributed by atoms with Gasteiger partial charge in [-0.1, -0.05) is 29.8 Å². The number of benzene rings is 2. The second kappa shape index (κ2) is 5.94. The number of anilines is 1. The summed E-state index contributed by atoms with van der Waals surface area (Å²) in [6.07, 6.45) is 1.80.